The van der Waals surface area contributed by atoms with Gasteiger partial charge in [-0.05, 0) is 6.42 Å². The van der Waals surface area contributed by atoms with Crippen LogP contribution in [0.15, 0.2) is 0 Å². The van der Waals surface area contributed by atoms with Gasteiger partial charge in [-0.3, -0.25) is 9.59 Å². The van der Waals surface area contributed by atoms with Gasteiger partial charge in [-0.2, -0.15) is 12.6 Å². The minimum atomic E-state index is -1.20. The molecule has 0 aromatic carbocycles. The first-order chi connectivity index (χ1) is 7.38. The Labute approximate surface area is 104 Å². The molecule has 0 saturated carbocycles. The highest BCUT2D eigenvalue weighted by atomic mass is 32.1. The van der Waals surface area contributed by atoms with Crippen LogP contribution in [0.4, 0.5) is 0 Å². The van der Waals surface area contributed by atoms with Crippen molar-refractivity contribution in [1.82, 2.24) is 11.5 Å². The van der Waals surface area contributed by atoms with Crippen LogP contribution in [0.5, 0.6) is 0 Å². The highest BCUT2D eigenvalue weighted by molar-refractivity contribution is 7.80. The molecule has 9 heteroatoms. The van der Waals surface area contributed by atoms with Gasteiger partial charge in [0.05, 0.1) is 0 Å². The van der Waals surface area contributed by atoms with Gasteiger partial charge in [0.25, 0.3) is 0 Å². The van der Waals surface area contributed by atoms with Crippen LogP contribution < -0.4 is 17.2 Å². The molecule has 0 bridgehead atoms. The number of carbonyl (C=O) groups excluding carboxylic acids is 1. The Morgan fingerprint density at radius 1 is 1.24 bits per heavy atom. The van der Waals surface area contributed by atoms with Crippen LogP contribution in [0.25, 0.3) is 0 Å². The maximum Gasteiger partial charge on any atom is 0.327 e. The van der Waals surface area contributed by atoms with Crippen LogP contribution in [-0.2, 0) is 14.4 Å². The van der Waals surface area contributed by atoms with Crippen LogP contribution in [-0.4, -0.2) is 45.9 Å². The third-order valence-electron chi connectivity index (χ3n) is 1.82. The fourth-order valence-corrected chi connectivity index (χ4v) is 1.11. The van der Waals surface area contributed by atoms with Gasteiger partial charge in [0, 0.05) is 12.2 Å². The molecule has 8 nitrogen and oxygen atoms in total. The number of nitrogens with two attached hydrogens (primary N) is 1. The second-order valence-corrected chi connectivity index (χ2v) is 3.49. The van der Waals surface area contributed by atoms with E-state index in [0.717, 1.165) is 0 Å². The van der Waals surface area contributed by atoms with Gasteiger partial charge >= 0.3 is 11.9 Å². The minimum absolute atomic E-state index is 0. The van der Waals surface area contributed by atoms with Gasteiger partial charge in [0.15, 0.2) is 0 Å². The lowest BCUT2D eigenvalue weighted by molar-refractivity contribution is -0.141. The number of carboxylic acid groups (broad SMARTS) is 2. The summed E-state index contributed by atoms with van der Waals surface area (Å²) in [4.78, 5) is 32.1. The number of carboxylic acids is 2. The summed E-state index contributed by atoms with van der Waals surface area (Å²) in [6, 6.07) is -2.19. The van der Waals surface area contributed by atoms with E-state index in [1.54, 1.807) is 0 Å². The maximum absolute atomic E-state index is 11.2. The fraction of sp³-hybridized carbons (Fsp3) is 0.625. The Hall–Kier alpha value is -1.32. The third kappa shape index (κ3) is 7.55. The first kappa shape index (κ1) is 18.1. The first-order valence-corrected chi connectivity index (χ1v) is 5.13. The number of aliphatic carboxylic acids is 2. The van der Waals surface area contributed by atoms with Gasteiger partial charge in [-0.25, -0.2) is 4.79 Å². The molecular formula is C8H18N3O5S+. The number of nitrogens with one attached hydrogen (secondary N) is 1. The molecule has 9 N–H and O–H groups in total. The number of rotatable bonds is 7. The van der Waals surface area contributed by atoms with Gasteiger partial charge in [-0.15, -0.1) is 0 Å². The molecule has 0 aliphatic carbocycles. The SMILES string of the molecule is N[C@@H](CCC(=O)N[C@@H](CS)C(=O)O)C(=O)O.[NH4+]. The van der Waals surface area contributed by atoms with Crippen molar-refractivity contribution in [1.29, 1.82) is 0 Å². The van der Waals surface area contributed by atoms with E-state index in [4.69, 9.17) is 15.9 Å². The van der Waals surface area contributed by atoms with Crippen LogP contribution in [0.3, 0.4) is 0 Å². The number of quaternary nitrogens is 1. The molecule has 1 amide bonds. The molecule has 0 rings (SSSR count). The Balaban J connectivity index is 0. The standard InChI is InChI=1S/C8H14N2O5S.H3N/c9-4(7(12)13)1-2-6(11)10-5(3-16)8(14)15;/h4-5,16H,1-3,9H2,(H,10,11)(H,12,13)(H,14,15);1H3/p+1/t4-,5-;/m0./s1. The van der Waals surface area contributed by atoms with Crippen molar-refractivity contribution >= 4 is 30.5 Å². The summed E-state index contributed by atoms with van der Waals surface area (Å²) >= 11 is 3.76. The lowest BCUT2D eigenvalue weighted by atomic mass is 10.1. The molecule has 0 aromatic rings. The summed E-state index contributed by atoms with van der Waals surface area (Å²) in [5, 5.41) is 19.3. The van der Waals surface area contributed by atoms with Crippen LogP contribution >= 0.6 is 12.6 Å². The summed E-state index contributed by atoms with van der Waals surface area (Å²) < 4.78 is 0. The zero-order valence-electron chi connectivity index (χ0n) is 9.42. The van der Waals surface area contributed by atoms with Crippen molar-refractivity contribution in [2.24, 2.45) is 5.73 Å². The minimum Gasteiger partial charge on any atom is -0.480 e. The van der Waals surface area contributed by atoms with E-state index in [1.165, 1.54) is 0 Å². The largest absolute Gasteiger partial charge is 0.480 e. The van der Waals surface area contributed by atoms with Gasteiger partial charge in [0.1, 0.15) is 12.1 Å². The van der Waals surface area contributed by atoms with Crippen molar-refractivity contribution in [3.8, 4) is 0 Å². The summed E-state index contributed by atoms with van der Waals surface area (Å²) in [5.41, 5.74) is 5.18. The number of thiol groups is 1. The lowest BCUT2D eigenvalue weighted by Crippen LogP contribution is -2.42. The summed E-state index contributed by atoms with van der Waals surface area (Å²) in [5.74, 6) is -2.98. The first-order valence-electron chi connectivity index (χ1n) is 4.50. The Morgan fingerprint density at radius 3 is 2.12 bits per heavy atom. The molecule has 0 aliphatic rings. The molecular weight excluding hydrogens is 250 g/mol. The van der Waals surface area contributed by atoms with Crippen molar-refractivity contribution in [2.45, 2.75) is 24.9 Å². The normalized spacial score (nSPS) is 13.1. The van der Waals surface area contributed by atoms with E-state index >= 15 is 0 Å². The number of hydrogen-bond acceptors (Lipinski definition) is 5. The van der Waals surface area contributed by atoms with Crippen LogP contribution in [0.2, 0.25) is 0 Å². The molecule has 0 heterocycles. The van der Waals surface area contributed by atoms with E-state index in [-0.39, 0.29) is 24.7 Å². The van der Waals surface area contributed by atoms with E-state index in [0.29, 0.717) is 0 Å². The van der Waals surface area contributed by atoms with Crippen molar-refractivity contribution in [3.05, 3.63) is 0 Å². The molecule has 0 radical (unpaired) electrons. The molecule has 0 fully saturated rings. The smallest absolute Gasteiger partial charge is 0.327 e. The molecule has 0 spiro atoms. The zero-order chi connectivity index (χ0) is 12.7. The summed E-state index contributed by atoms with van der Waals surface area (Å²) in [7, 11) is 0. The monoisotopic (exact) mass is 268 g/mol. The average molecular weight is 268 g/mol. The lowest BCUT2D eigenvalue weighted by Gasteiger charge is -2.12. The van der Waals surface area contributed by atoms with Gasteiger partial charge in [0.2, 0.25) is 5.91 Å². The predicted molar refractivity (Wildman–Crippen MR) is 64.2 cm³/mol. The molecule has 0 aromatic heterocycles. The third-order valence-corrected chi connectivity index (χ3v) is 2.18. The maximum atomic E-state index is 11.2. The molecule has 17 heavy (non-hydrogen) atoms. The Bertz CT molecular complexity index is 286. The average Bonchev–Trinajstić information content (AvgIpc) is 2.21. The summed E-state index contributed by atoms with van der Waals surface area (Å²) in [6.07, 6.45) is -0.175. The fourth-order valence-electron chi connectivity index (χ4n) is 0.862. The molecule has 0 unspecified atom stereocenters. The van der Waals surface area contributed by atoms with E-state index in [2.05, 4.69) is 17.9 Å². The number of hydrogen-bond donors (Lipinski definition) is 6. The van der Waals surface area contributed by atoms with Gasteiger partial charge < -0.3 is 27.4 Å². The van der Waals surface area contributed by atoms with E-state index in [1.807, 2.05) is 0 Å². The van der Waals surface area contributed by atoms with E-state index < -0.39 is 29.9 Å². The molecule has 2 atom stereocenters. The topological polar surface area (TPSA) is 166 Å². The highest BCUT2D eigenvalue weighted by Crippen LogP contribution is 1.97. The zero-order valence-corrected chi connectivity index (χ0v) is 10.3. The molecule has 0 aliphatic heterocycles. The predicted octanol–water partition coefficient (Wildman–Crippen LogP) is -0.946. The quantitative estimate of drug-likeness (QED) is 0.326. The second-order valence-electron chi connectivity index (χ2n) is 3.12. The van der Waals surface area contributed by atoms with E-state index in [9.17, 15) is 14.4 Å². The van der Waals surface area contributed by atoms with Crippen LogP contribution in [0, 0.1) is 0 Å². The van der Waals surface area contributed by atoms with Crippen LogP contribution in [0.1, 0.15) is 12.8 Å². The molecule has 0 saturated heterocycles. The van der Waals surface area contributed by atoms with Gasteiger partial charge in [-0.1, -0.05) is 0 Å². The number of carbonyl (C=O) groups is 3. The number of amides is 1. The highest BCUT2D eigenvalue weighted by Gasteiger charge is 2.19. The van der Waals surface area contributed by atoms with Crippen molar-refractivity contribution in [2.75, 3.05) is 5.75 Å². The van der Waals surface area contributed by atoms with Crippen molar-refractivity contribution < 1.29 is 24.6 Å². The van der Waals surface area contributed by atoms with Crippen molar-refractivity contribution in [3.63, 3.8) is 0 Å². The molecule has 100 valence electrons. The Kier molecular flexibility index (Phi) is 9.33. The Morgan fingerprint density at radius 2 is 1.76 bits per heavy atom. The second kappa shape index (κ2) is 8.79. The summed E-state index contributed by atoms with van der Waals surface area (Å²) in [6.45, 7) is 0.